The molecular formula is C9H9FmN2O3-. The first kappa shape index (κ1) is 12.1. The van der Waals surface area contributed by atoms with Gasteiger partial charge >= 0.3 is 5.97 Å². The minimum Gasteiger partial charge on any atom is -0.520 e. The summed E-state index contributed by atoms with van der Waals surface area (Å²) in [6.07, 6.45) is 3.09. The molecule has 0 aromatic carbocycles. The number of amides is 1. The van der Waals surface area contributed by atoms with Crippen LogP contribution in [0.5, 0.6) is 0 Å². The van der Waals surface area contributed by atoms with Crippen LogP contribution in [0.15, 0.2) is 24.4 Å². The predicted molar refractivity (Wildman–Crippen MR) is 48.2 cm³/mol. The molecular weight excluding hydrogens is 441 g/mol. The largest absolute Gasteiger partial charge is 0.520 e. The molecule has 5 nitrogen and oxygen atoms in total. The molecule has 0 saturated carbocycles. The summed E-state index contributed by atoms with van der Waals surface area (Å²) in [6, 6.07) is 4.22. The van der Waals surface area contributed by atoms with Crippen molar-refractivity contribution < 1.29 is 14.7 Å². The van der Waals surface area contributed by atoms with E-state index in [9.17, 15) is 9.59 Å². The minimum absolute atomic E-state index is 0. The van der Waals surface area contributed by atoms with Gasteiger partial charge in [-0.15, -0.1) is 0 Å². The van der Waals surface area contributed by atoms with Crippen molar-refractivity contribution >= 4 is 12.4 Å². The van der Waals surface area contributed by atoms with Crippen molar-refractivity contribution in [2.75, 3.05) is 0 Å². The van der Waals surface area contributed by atoms with Crippen molar-refractivity contribution in [3.05, 3.63) is 30.1 Å². The second kappa shape index (κ2) is 5.69. The number of carboxylic acids is 1. The number of carbonyl (C=O) groups excluding carboxylic acids is 1. The van der Waals surface area contributed by atoms with Crippen LogP contribution in [0.2, 0.25) is 0 Å². The van der Waals surface area contributed by atoms with Crippen LogP contribution in [-0.2, 0) is 16.0 Å². The maximum atomic E-state index is 10.6. The van der Waals surface area contributed by atoms with E-state index in [1.165, 1.54) is 6.41 Å². The molecule has 2 N–H and O–H groups in total. The Morgan fingerprint density at radius 2 is 2.33 bits per heavy atom. The van der Waals surface area contributed by atoms with Gasteiger partial charge in [-0.05, 0) is 12.1 Å². The molecule has 0 fully saturated rings. The molecule has 6 heteroatoms. The molecule has 0 aliphatic rings. The summed E-state index contributed by atoms with van der Waals surface area (Å²) in [5.41, 5.74) is 0.614. The zero-order valence-corrected chi connectivity index (χ0v) is 10.00. The first-order valence-corrected chi connectivity index (χ1v) is 3.99. The Hall–Kier alpha value is -2.91. The van der Waals surface area contributed by atoms with Crippen molar-refractivity contribution in [1.29, 1.82) is 0 Å². The number of hydrogen-bond acceptors (Lipinski definition) is 3. The van der Waals surface area contributed by atoms with Crippen LogP contribution < -0.4 is 5.32 Å². The molecule has 1 unspecified atom stereocenters. The van der Waals surface area contributed by atoms with Gasteiger partial charge in [0, 0.05) is 18.3 Å². The van der Waals surface area contributed by atoms with Gasteiger partial charge in [0.15, 0.2) is 0 Å². The van der Waals surface area contributed by atoms with Crippen LogP contribution in [0.3, 0.4) is 0 Å². The van der Waals surface area contributed by atoms with Crippen molar-refractivity contribution in [1.82, 2.24) is 10.3 Å². The predicted octanol–water partition coefficient (Wildman–Crippen LogP) is -0.266. The molecule has 0 saturated heterocycles. The minimum atomic E-state index is -1.10. The first-order chi connectivity index (χ1) is 6.74. The molecule has 1 atom stereocenters. The number of aromatic nitrogens is 1. The third-order valence-corrected chi connectivity index (χ3v) is 1.67. The molecule has 1 rings (SSSR count). The van der Waals surface area contributed by atoms with Gasteiger partial charge in [0.05, 0.1) is 0 Å². The van der Waals surface area contributed by atoms with E-state index in [0.717, 1.165) is 0 Å². The van der Waals surface area contributed by atoms with Gasteiger partial charge in [-0.25, -0.2) is 0 Å². The SMILES string of the molecule is O=[C-]NC(Cc1ccccn1)C(=O)O.[Fm]. The summed E-state index contributed by atoms with van der Waals surface area (Å²) in [5, 5.41) is 10.8. The van der Waals surface area contributed by atoms with Crippen LogP contribution >= 0.6 is 0 Å². The van der Waals surface area contributed by atoms with Crippen LogP contribution in [0.4, 0.5) is 0 Å². The maximum Gasteiger partial charge on any atom is 0.323 e. The number of nitrogens with zero attached hydrogens (tertiary/aromatic N) is 1. The monoisotopic (exact) mass is 450 g/mol. The van der Waals surface area contributed by atoms with Gasteiger partial charge in [0.1, 0.15) is 6.04 Å². The molecule has 0 spiro atoms. The molecule has 0 aliphatic heterocycles. The van der Waals surface area contributed by atoms with Crippen molar-refractivity contribution in [2.24, 2.45) is 0 Å². The molecule has 0 bridgehead atoms. The van der Waals surface area contributed by atoms with Crippen LogP contribution in [0.25, 0.3) is 0 Å². The van der Waals surface area contributed by atoms with E-state index >= 15 is 0 Å². The summed E-state index contributed by atoms with van der Waals surface area (Å²) >= 11 is 0. The van der Waals surface area contributed by atoms with E-state index in [1.54, 1.807) is 24.4 Å². The van der Waals surface area contributed by atoms with Gasteiger partial charge in [-0.3, -0.25) is 9.78 Å². The van der Waals surface area contributed by atoms with Crippen molar-refractivity contribution in [3.63, 3.8) is 0 Å². The van der Waals surface area contributed by atoms with E-state index < -0.39 is 12.0 Å². The van der Waals surface area contributed by atoms with Crippen molar-refractivity contribution in [2.45, 2.75) is 12.5 Å². The Balaban J connectivity index is 0.00000196. The fraction of sp³-hybridized carbons (Fsp3) is 0.222. The number of hydrogen-bond donors (Lipinski definition) is 2. The average molecular weight is 450 g/mol. The topological polar surface area (TPSA) is 79.3 Å². The Morgan fingerprint density at radius 3 is 2.80 bits per heavy atom. The number of carboxylic acid groups (broad SMARTS) is 1. The molecule has 0 radical (unpaired) electrons. The molecule has 1 amide bonds. The summed E-state index contributed by atoms with van der Waals surface area (Å²) in [4.78, 5) is 24.6. The summed E-state index contributed by atoms with van der Waals surface area (Å²) in [7, 11) is 0. The second-order valence-electron chi connectivity index (χ2n) is 2.66. The Morgan fingerprint density at radius 1 is 1.60 bits per heavy atom. The van der Waals surface area contributed by atoms with Gasteiger partial charge in [0.2, 0.25) is 0 Å². The van der Waals surface area contributed by atoms with Gasteiger partial charge in [-0.1, -0.05) is 6.07 Å². The standard InChI is InChI=1S/C9H9N2O3.Fm/c12-6-11-8(9(13)14)5-7-3-1-2-4-10-7;/h1-4,8H,5H2,(H,11,12)(H,13,14);/q-1;. The smallest absolute Gasteiger partial charge is 0.323 e. The zero-order valence-electron chi connectivity index (χ0n) is 7.59. The number of pyridine rings is 1. The Bertz CT molecular complexity index is 318. The van der Waals surface area contributed by atoms with Crippen LogP contribution in [0.1, 0.15) is 5.69 Å². The molecule has 86 valence electrons. The van der Waals surface area contributed by atoms with E-state index in [4.69, 9.17) is 5.11 Å². The maximum absolute atomic E-state index is 10.6. The average Bonchev–Trinajstić information content (AvgIpc) is 2.18. The molecule has 1 aromatic heterocycles. The van der Waals surface area contributed by atoms with Crippen LogP contribution in [-0.4, -0.2) is 28.5 Å². The van der Waals surface area contributed by atoms with Gasteiger partial charge < -0.3 is 15.2 Å². The fourth-order valence-corrected chi connectivity index (χ4v) is 0.999. The normalized spacial score (nSPS) is 10.9. The van der Waals surface area contributed by atoms with Crippen molar-refractivity contribution in [3.8, 4) is 0 Å². The third kappa shape index (κ3) is 3.54. The molecule has 1 aromatic rings. The molecule has 1 heterocycles. The number of nitrogens with one attached hydrogen (secondary N) is 1. The number of rotatable bonds is 5. The fourth-order valence-electron chi connectivity index (χ4n) is 0.999. The molecule has 0 aliphatic carbocycles. The van der Waals surface area contributed by atoms with E-state index in [1.807, 2.05) is 0 Å². The first-order valence-electron chi connectivity index (χ1n) is 3.99. The quantitative estimate of drug-likeness (QED) is 0.479. The second-order valence-corrected chi connectivity index (χ2v) is 2.66. The summed E-state index contributed by atoms with van der Waals surface area (Å²) in [5.74, 6) is -1.10. The Labute approximate surface area is 80.8 Å². The van der Waals surface area contributed by atoms with E-state index in [2.05, 4.69) is 10.3 Å². The van der Waals surface area contributed by atoms with Gasteiger partial charge in [0.25, 0.3) is 0 Å². The zero-order chi connectivity index (χ0) is 10.4. The summed E-state index contributed by atoms with van der Waals surface area (Å²) < 4.78 is 0. The van der Waals surface area contributed by atoms with Gasteiger partial charge in [-0.2, -0.15) is 6.41 Å². The van der Waals surface area contributed by atoms with E-state index in [0.29, 0.717) is 5.69 Å². The Kier molecular flexibility index (Phi) is 4.58. The number of aliphatic carboxylic acids is 1. The summed E-state index contributed by atoms with van der Waals surface area (Å²) in [6.45, 7) is 0. The molecule has 15 heavy (non-hydrogen) atoms. The van der Waals surface area contributed by atoms with E-state index in [-0.39, 0.29) is 6.42 Å². The van der Waals surface area contributed by atoms with Crippen LogP contribution in [0, 0.1) is 0 Å². The number of carbonyl (C=O) groups is 1. The third-order valence-electron chi connectivity index (χ3n) is 1.67.